The average molecular weight is 826 g/mol. The zero-order valence-corrected chi connectivity index (χ0v) is 31.6. The number of hydrogen-bond donors (Lipinski definition) is 7. The number of nitrogen functional groups attached to an aromatic ring is 1. The molecule has 0 spiro atoms. The number of thiazole rings is 1. The van der Waals surface area contributed by atoms with Crippen LogP contribution in [0.2, 0.25) is 0 Å². The number of carboxylic acids is 1. The van der Waals surface area contributed by atoms with Gasteiger partial charge in [0.05, 0.1) is 11.7 Å². The number of oxime groups is 1. The van der Waals surface area contributed by atoms with Crippen LogP contribution in [0, 0.1) is 6.92 Å². The molecule has 2 aliphatic rings. The number of nitrogens with zero attached hydrogens (tertiary/aromatic N) is 7. The van der Waals surface area contributed by atoms with E-state index in [1.54, 1.807) is 13.0 Å². The normalized spacial score (nSPS) is 16.9. The van der Waals surface area contributed by atoms with Crippen molar-refractivity contribution in [1.82, 2.24) is 45.6 Å². The molecule has 56 heavy (non-hydrogen) atoms. The summed E-state index contributed by atoms with van der Waals surface area (Å²) in [5.41, 5.74) is 13.4. The maximum Gasteiger partial charge on any atom is 0.288 e. The van der Waals surface area contributed by atoms with E-state index in [0.29, 0.717) is 16.3 Å². The van der Waals surface area contributed by atoms with Gasteiger partial charge in [0.2, 0.25) is 11.4 Å². The minimum atomic E-state index is -1.83. The van der Waals surface area contributed by atoms with Gasteiger partial charge in [-0.3, -0.25) is 39.7 Å². The van der Waals surface area contributed by atoms with Gasteiger partial charge < -0.3 is 41.7 Å². The Kier molecular flexibility index (Phi) is 10.7. The summed E-state index contributed by atoms with van der Waals surface area (Å²) < 4.78 is 1.30. The van der Waals surface area contributed by atoms with Crippen molar-refractivity contribution < 1.29 is 48.9 Å². The number of aryl methyl sites for hydroxylation is 1. The molecule has 1 saturated heterocycles. The molecule has 0 radical (unpaired) electrons. The first-order chi connectivity index (χ1) is 26.4. The number of nitrogens with one attached hydrogen (secondary N) is 3. The van der Waals surface area contributed by atoms with Crippen molar-refractivity contribution in [3.63, 3.8) is 0 Å². The second kappa shape index (κ2) is 15.3. The molecule has 2 aliphatic heterocycles. The number of phenols is 2. The molecule has 9 N–H and O–H groups in total. The number of thioether (sulfide) groups is 2. The number of aliphatic carboxylic acids is 1. The largest absolute Gasteiger partial charge is 0.543 e. The van der Waals surface area contributed by atoms with Gasteiger partial charge in [-0.25, -0.2) is 9.97 Å². The number of hydrogen-bond acceptors (Lipinski definition) is 19. The quantitative estimate of drug-likeness (QED) is 0.0206. The monoisotopic (exact) mass is 825 g/mol. The Bertz CT molecular complexity index is 2390. The zero-order valence-electron chi connectivity index (χ0n) is 29.1. The van der Waals surface area contributed by atoms with Crippen molar-refractivity contribution in [2.24, 2.45) is 10.9 Å². The summed E-state index contributed by atoms with van der Waals surface area (Å²) in [4.78, 5) is 95.3. The van der Waals surface area contributed by atoms with Crippen LogP contribution in [0.25, 0.3) is 5.78 Å². The summed E-state index contributed by atoms with van der Waals surface area (Å²) in [6.45, 7) is 4.24. The van der Waals surface area contributed by atoms with Crippen LogP contribution in [0.5, 0.6) is 11.5 Å². The Morgan fingerprint density at radius 3 is 2.54 bits per heavy atom. The molecule has 1 fully saturated rings. The molecular formula is C31H29N12O10S3-. The molecule has 5 amide bonds. The van der Waals surface area contributed by atoms with E-state index in [9.17, 15) is 44.1 Å². The number of β-lactam (4-membered cyclic amide) rings is 1. The van der Waals surface area contributed by atoms with E-state index in [0.717, 1.165) is 40.1 Å². The number of amides is 5. The summed E-state index contributed by atoms with van der Waals surface area (Å²) in [5.74, 6) is -6.89. The minimum Gasteiger partial charge on any atom is -0.543 e. The van der Waals surface area contributed by atoms with E-state index in [-0.39, 0.29) is 45.2 Å². The number of aromatic hydroxyl groups is 2. The van der Waals surface area contributed by atoms with Gasteiger partial charge >= 0.3 is 0 Å². The lowest BCUT2D eigenvalue weighted by molar-refractivity contribution is -0.301. The van der Waals surface area contributed by atoms with Crippen molar-refractivity contribution in [3.05, 3.63) is 63.7 Å². The fraction of sp³-hybridized carbons (Fsp3) is 0.258. The van der Waals surface area contributed by atoms with Crippen LogP contribution >= 0.6 is 34.9 Å². The summed E-state index contributed by atoms with van der Waals surface area (Å²) in [7, 11) is 0. The van der Waals surface area contributed by atoms with Crippen LogP contribution in [-0.2, 0) is 24.0 Å². The van der Waals surface area contributed by atoms with Gasteiger partial charge in [-0.15, -0.1) is 40.0 Å². The second-order valence-corrected chi connectivity index (χ2v) is 15.4. The lowest BCUT2D eigenvalue weighted by Gasteiger charge is -2.50. The molecule has 0 bridgehead atoms. The third kappa shape index (κ3) is 7.85. The van der Waals surface area contributed by atoms with Gasteiger partial charge in [-0.2, -0.15) is 9.50 Å². The number of carbonyl (C=O) groups is 6. The minimum absolute atomic E-state index is 0.0585. The van der Waals surface area contributed by atoms with Crippen LogP contribution in [-0.4, -0.2) is 109 Å². The summed E-state index contributed by atoms with van der Waals surface area (Å²) in [5, 5.41) is 43.1. The highest BCUT2D eigenvalue weighted by Crippen LogP contribution is 2.41. The van der Waals surface area contributed by atoms with E-state index in [1.807, 2.05) is 0 Å². The van der Waals surface area contributed by atoms with E-state index < -0.39 is 69.7 Å². The van der Waals surface area contributed by atoms with E-state index in [2.05, 4.69) is 41.4 Å². The molecule has 2 unspecified atom stereocenters. The van der Waals surface area contributed by atoms with Crippen molar-refractivity contribution in [3.8, 4) is 11.5 Å². The standard InChI is InChI=1S/C31H30N12O10S3/c1-11-6-17(43-30(34-11)37-22(40-43)21(32)46)54-8-13-9-55-26-19(25(49)42(26)20(13)27(50)51)36-24(48)18(14-10-56-29(33)35-14)41-53-31(2,3)28(52)39-38-23(47)12-4-5-15(44)16(45)7-12/h4-7,10,19,26,44-45H,8-9H2,1-3H3,(H2,32,46)(H2,33,35)(H,36,48)(H,38,47)(H,39,52)(H,50,51)/p-1. The predicted molar refractivity (Wildman–Crippen MR) is 195 cm³/mol. The van der Waals surface area contributed by atoms with E-state index in [1.165, 1.54) is 41.6 Å². The third-order valence-electron chi connectivity index (χ3n) is 7.97. The number of anilines is 1. The van der Waals surface area contributed by atoms with Crippen molar-refractivity contribution >= 4 is 87.0 Å². The number of phenolic OH excluding ortho intramolecular Hbond substituents is 2. The lowest BCUT2D eigenvalue weighted by atomic mass is 10.0. The molecule has 4 aromatic rings. The molecule has 1 aromatic carbocycles. The summed E-state index contributed by atoms with van der Waals surface area (Å²) in [6, 6.07) is 3.70. The zero-order chi connectivity index (χ0) is 40.6. The number of nitrogens with two attached hydrogens (primary N) is 2. The molecule has 3 aromatic heterocycles. The molecule has 292 valence electrons. The lowest BCUT2D eigenvalue weighted by Crippen LogP contribution is -2.71. The number of fused-ring (bicyclic) bond motifs is 2. The number of aromatic nitrogens is 5. The van der Waals surface area contributed by atoms with Gasteiger partial charge in [-0.1, -0.05) is 5.16 Å². The number of benzene rings is 1. The first kappa shape index (κ1) is 39.2. The van der Waals surface area contributed by atoms with Crippen molar-refractivity contribution in [2.45, 2.75) is 42.8 Å². The molecule has 0 aliphatic carbocycles. The first-order valence-corrected chi connectivity index (χ1v) is 18.8. The molecule has 0 saturated carbocycles. The van der Waals surface area contributed by atoms with Crippen LogP contribution in [0.4, 0.5) is 5.13 Å². The highest BCUT2D eigenvalue weighted by atomic mass is 32.2. The third-order valence-corrected chi connectivity index (χ3v) is 11.1. The average Bonchev–Trinajstić information content (AvgIpc) is 3.78. The van der Waals surface area contributed by atoms with Crippen molar-refractivity contribution in [2.75, 3.05) is 17.2 Å². The Morgan fingerprint density at radius 1 is 1.12 bits per heavy atom. The van der Waals surface area contributed by atoms with Gasteiger partial charge in [-0.05, 0) is 50.6 Å². The Morgan fingerprint density at radius 2 is 1.88 bits per heavy atom. The van der Waals surface area contributed by atoms with Gasteiger partial charge in [0.1, 0.15) is 22.1 Å². The fourth-order valence-corrected chi connectivity index (χ4v) is 8.20. The molecule has 22 nitrogen and oxygen atoms in total. The topological polar surface area (TPSA) is 335 Å². The van der Waals surface area contributed by atoms with Gasteiger partial charge in [0, 0.05) is 28.1 Å². The molecule has 6 rings (SSSR count). The Balaban J connectivity index is 1.14. The molecular weight excluding hydrogens is 797 g/mol. The number of rotatable bonds is 12. The summed E-state index contributed by atoms with van der Waals surface area (Å²) in [6.07, 6.45) is 0. The Labute approximate surface area is 326 Å². The van der Waals surface area contributed by atoms with Crippen LogP contribution in [0.1, 0.15) is 46.2 Å². The highest BCUT2D eigenvalue weighted by molar-refractivity contribution is 8.01. The smallest absolute Gasteiger partial charge is 0.288 e. The number of hydrazine groups is 1. The van der Waals surface area contributed by atoms with E-state index >= 15 is 0 Å². The number of carboxylic acid groups (broad SMARTS) is 1. The first-order valence-electron chi connectivity index (χ1n) is 15.9. The summed E-state index contributed by atoms with van der Waals surface area (Å²) >= 11 is 3.31. The highest BCUT2D eigenvalue weighted by Gasteiger charge is 2.53. The SMILES string of the molecule is Cc1cc(SCC2=C(C(=O)[O-])N3C(=O)C(NC(=O)C(=NOC(C)(C)C(=O)NNC(=O)c4ccc(O)c(O)c4)c4csc(N)n4)C3SC2)n2nc(C(N)=O)nc2n1. The van der Waals surface area contributed by atoms with Crippen LogP contribution in [0.15, 0.2) is 51.1 Å². The maximum absolute atomic E-state index is 13.6. The van der Waals surface area contributed by atoms with Crippen LogP contribution < -0.4 is 32.7 Å². The number of carbonyl (C=O) groups excluding carboxylic acids is 6. The van der Waals surface area contributed by atoms with Gasteiger partial charge in [0.25, 0.3) is 35.3 Å². The maximum atomic E-state index is 13.6. The Hall–Kier alpha value is -6.47. The van der Waals surface area contributed by atoms with Gasteiger partial charge in [0.15, 0.2) is 22.3 Å². The molecule has 2 atom stereocenters. The molecule has 5 heterocycles. The fourth-order valence-electron chi connectivity index (χ4n) is 5.12. The second-order valence-electron chi connectivity index (χ2n) is 12.4. The predicted octanol–water partition coefficient (Wildman–Crippen LogP) is -1.86. The number of primary amides is 1. The van der Waals surface area contributed by atoms with E-state index in [4.69, 9.17) is 16.3 Å². The van der Waals surface area contributed by atoms with Crippen molar-refractivity contribution in [1.29, 1.82) is 0 Å². The van der Waals surface area contributed by atoms with Crippen LogP contribution in [0.3, 0.4) is 0 Å². The molecule has 25 heteroatoms.